The van der Waals surface area contributed by atoms with Crippen LogP contribution in [-0.2, 0) is 11.3 Å². The minimum Gasteiger partial charge on any atom is -0.345 e. The van der Waals surface area contributed by atoms with Crippen LogP contribution >= 0.6 is 0 Å². The fourth-order valence-electron chi connectivity index (χ4n) is 2.58. The molecule has 100 valence electrons. The third-order valence-electron chi connectivity index (χ3n) is 3.53. The number of likely N-dealkylation sites (tertiary alicyclic amines) is 1. The first-order valence-corrected chi connectivity index (χ1v) is 6.50. The number of carbonyl (C=O) groups excluding carboxylic acids is 1. The second-order valence-electron chi connectivity index (χ2n) is 5.35. The van der Waals surface area contributed by atoms with Crippen molar-refractivity contribution in [2.24, 2.45) is 5.92 Å². The first-order chi connectivity index (χ1) is 9.08. The molecule has 1 aliphatic heterocycles. The summed E-state index contributed by atoms with van der Waals surface area (Å²) in [5.74, 6) is 0.678. The first-order valence-electron chi connectivity index (χ1n) is 6.50. The van der Waals surface area contributed by atoms with E-state index in [2.05, 4.69) is 18.0 Å². The number of rotatable bonds is 4. The summed E-state index contributed by atoms with van der Waals surface area (Å²) >= 11 is 0. The maximum absolute atomic E-state index is 11.5. The third kappa shape index (κ3) is 3.55. The van der Waals surface area contributed by atoms with Crippen molar-refractivity contribution in [1.29, 1.82) is 5.26 Å². The van der Waals surface area contributed by atoms with Gasteiger partial charge in [0, 0.05) is 33.1 Å². The van der Waals surface area contributed by atoms with E-state index in [1.54, 1.807) is 4.90 Å². The monoisotopic (exact) mass is 257 g/mol. The Kier molecular flexibility index (Phi) is 4.18. The molecule has 1 aliphatic rings. The zero-order valence-electron chi connectivity index (χ0n) is 11.5. The predicted octanol–water partition coefficient (Wildman–Crippen LogP) is 1.47. The number of hydrogen-bond acceptors (Lipinski definition) is 3. The fraction of sp³-hybridized carbons (Fsp3) is 0.467. The molecule has 1 saturated heterocycles. The Morgan fingerprint density at radius 3 is 2.63 bits per heavy atom. The van der Waals surface area contributed by atoms with Crippen LogP contribution in [0.4, 0.5) is 0 Å². The van der Waals surface area contributed by atoms with Crippen molar-refractivity contribution >= 4 is 5.91 Å². The van der Waals surface area contributed by atoms with Crippen LogP contribution in [0.25, 0.3) is 0 Å². The predicted molar refractivity (Wildman–Crippen MR) is 73.2 cm³/mol. The number of amides is 1. The number of nitrogens with zero attached hydrogens (tertiary/aromatic N) is 3. The molecule has 0 radical (unpaired) electrons. The van der Waals surface area contributed by atoms with E-state index in [-0.39, 0.29) is 5.91 Å². The summed E-state index contributed by atoms with van der Waals surface area (Å²) in [7, 11) is 3.93. The topological polar surface area (TPSA) is 47.3 Å². The highest BCUT2D eigenvalue weighted by atomic mass is 16.2. The number of nitriles is 1. The van der Waals surface area contributed by atoms with E-state index in [9.17, 15) is 4.79 Å². The molecule has 0 aliphatic carbocycles. The molecule has 1 amide bonds. The summed E-state index contributed by atoms with van der Waals surface area (Å²) in [5, 5.41) is 8.75. The second kappa shape index (κ2) is 5.85. The highest BCUT2D eigenvalue weighted by Gasteiger charge is 2.27. The lowest BCUT2D eigenvalue weighted by atomic mass is 10.1. The van der Waals surface area contributed by atoms with Crippen LogP contribution in [0.15, 0.2) is 24.3 Å². The molecule has 1 heterocycles. The van der Waals surface area contributed by atoms with Crippen molar-refractivity contribution < 1.29 is 4.79 Å². The van der Waals surface area contributed by atoms with E-state index in [0.29, 0.717) is 17.9 Å². The van der Waals surface area contributed by atoms with Gasteiger partial charge in [-0.1, -0.05) is 12.1 Å². The number of carbonyl (C=O) groups is 1. The molecule has 0 N–H and O–H groups in total. The summed E-state index contributed by atoms with van der Waals surface area (Å²) in [6.07, 6.45) is 0.661. The molecular weight excluding hydrogens is 238 g/mol. The lowest BCUT2D eigenvalue weighted by Crippen LogP contribution is -2.27. The zero-order valence-corrected chi connectivity index (χ0v) is 11.5. The molecule has 0 saturated carbocycles. The van der Waals surface area contributed by atoms with E-state index < -0.39 is 0 Å². The van der Waals surface area contributed by atoms with Crippen LogP contribution < -0.4 is 0 Å². The molecule has 0 aromatic heterocycles. The average molecular weight is 257 g/mol. The SMILES string of the molecule is CN(Cc1ccc(C#N)cc1)C[C@@H]1CC(=O)N(C)C1. The Balaban J connectivity index is 1.85. The molecule has 1 aromatic rings. The molecule has 4 nitrogen and oxygen atoms in total. The van der Waals surface area contributed by atoms with Gasteiger partial charge in [-0.2, -0.15) is 5.26 Å². The summed E-state index contributed by atoms with van der Waals surface area (Å²) in [4.78, 5) is 15.5. The van der Waals surface area contributed by atoms with Crippen molar-refractivity contribution in [2.75, 3.05) is 27.2 Å². The van der Waals surface area contributed by atoms with Gasteiger partial charge >= 0.3 is 0 Å². The Labute approximate surface area is 114 Å². The Morgan fingerprint density at radius 1 is 1.42 bits per heavy atom. The molecule has 2 rings (SSSR count). The van der Waals surface area contributed by atoms with Crippen molar-refractivity contribution in [3.63, 3.8) is 0 Å². The molecule has 0 spiro atoms. The minimum atomic E-state index is 0.247. The van der Waals surface area contributed by atoms with Crippen LogP contribution in [-0.4, -0.2) is 42.9 Å². The van der Waals surface area contributed by atoms with Crippen molar-refractivity contribution in [3.05, 3.63) is 35.4 Å². The van der Waals surface area contributed by atoms with Gasteiger partial charge in [-0.25, -0.2) is 0 Å². The first kappa shape index (κ1) is 13.6. The van der Waals surface area contributed by atoms with E-state index in [0.717, 1.165) is 19.6 Å². The Bertz CT molecular complexity index is 489. The highest BCUT2D eigenvalue weighted by molar-refractivity contribution is 5.78. The smallest absolute Gasteiger partial charge is 0.222 e. The molecule has 19 heavy (non-hydrogen) atoms. The van der Waals surface area contributed by atoms with Crippen molar-refractivity contribution in [1.82, 2.24) is 9.80 Å². The number of hydrogen-bond donors (Lipinski definition) is 0. The number of benzene rings is 1. The maximum atomic E-state index is 11.5. The molecule has 1 fully saturated rings. The largest absolute Gasteiger partial charge is 0.345 e. The van der Waals surface area contributed by atoms with E-state index in [4.69, 9.17) is 5.26 Å². The molecule has 0 bridgehead atoms. The van der Waals surface area contributed by atoms with Crippen LogP contribution in [0.5, 0.6) is 0 Å². The van der Waals surface area contributed by atoms with Crippen LogP contribution in [0.2, 0.25) is 0 Å². The van der Waals surface area contributed by atoms with Gasteiger partial charge in [0.2, 0.25) is 5.91 Å². The van der Waals surface area contributed by atoms with Gasteiger partial charge < -0.3 is 9.80 Å². The standard InChI is InChI=1S/C15H19N3O/c1-17(10-14-7-15(19)18(2)11-14)9-13-5-3-12(8-16)4-6-13/h3-6,14H,7,9-11H2,1-2H3/t14-/m0/s1. The van der Waals surface area contributed by atoms with Gasteiger partial charge in [-0.05, 0) is 30.7 Å². The van der Waals surface area contributed by atoms with Gasteiger partial charge in [0.25, 0.3) is 0 Å². The van der Waals surface area contributed by atoms with Crippen molar-refractivity contribution in [3.8, 4) is 6.07 Å². The van der Waals surface area contributed by atoms with Crippen molar-refractivity contribution in [2.45, 2.75) is 13.0 Å². The molecule has 1 aromatic carbocycles. The quantitative estimate of drug-likeness (QED) is 0.820. The fourth-order valence-corrected chi connectivity index (χ4v) is 2.58. The minimum absolute atomic E-state index is 0.247. The lowest BCUT2D eigenvalue weighted by molar-refractivity contribution is -0.126. The Hall–Kier alpha value is -1.86. The van der Waals surface area contributed by atoms with E-state index in [1.807, 2.05) is 31.3 Å². The van der Waals surface area contributed by atoms with E-state index in [1.165, 1.54) is 5.56 Å². The van der Waals surface area contributed by atoms with Crippen LogP contribution in [0.1, 0.15) is 17.5 Å². The summed E-state index contributed by atoms with van der Waals surface area (Å²) in [5.41, 5.74) is 1.88. The third-order valence-corrected chi connectivity index (χ3v) is 3.53. The second-order valence-corrected chi connectivity index (χ2v) is 5.35. The molecule has 0 unspecified atom stereocenters. The summed E-state index contributed by atoms with van der Waals surface area (Å²) in [6.45, 7) is 2.63. The van der Waals surface area contributed by atoms with Crippen LogP contribution in [0, 0.1) is 17.2 Å². The van der Waals surface area contributed by atoms with E-state index >= 15 is 0 Å². The van der Waals surface area contributed by atoms with Gasteiger partial charge in [0.15, 0.2) is 0 Å². The molecule has 1 atom stereocenters. The maximum Gasteiger partial charge on any atom is 0.222 e. The normalized spacial score (nSPS) is 18.9. The van der Waals surface area contributed by atoms with Crippen LogP contribution in [0.3, 0.4) is 0 Å². The highest BCUT2D eigenvalue weighted by Crippen LogP contribution is 2.17. The molecule has 4 heteroatoms. The van der Waals surface area contributed by atoms with Gasteiger partial charge in [0.05, 0.1) is 11.6 Å². The molecular formula is C15H19N3O. The summed E-state index contributed by atoms with van der Waals surface area (Å²) in [6, 6.07) is 9.78. The van der Waals surface area contributed by atoms with Gasteiger partial charge in [-0.15, -0.1) is 0 Å². The lowest BCUT2D eigenvalue weighted by Gasteiger charge is -2.20. The zero-order chi connectivity index (χ0) is 13.8. The van der Waals surface area contributed by atoms with Gasteiger partial charge in [-0.3, -0.25) is 4.79 Å². The Morgan fingerprint density at radius 2 is 2.11 bits per heavy atom. The average Bonchev–Trinajstić information content (AvgIpc) is 2.69. The van der Waals surface area contributed by atoms with Gasteiger partial charge in [0.1, 0.15) is 0 Å². The summed E-state index contributed by atoms with van der Waals surface area (Å²) < 4.78 is 0.